The lowest BCUT2D eigenvalue weighted by Crippen LogP contribution is -2.45. The van der Waals surface area contributed by atoms with Crippen LogP contribution in [0, 0.1) is 5.92 Å². The van der Waals surface area contributed by atoms with E-state index in [0.29, 0.717) is 18.2 Å². The molecular weight excluding hydrogens is 270 g/mol. The molecule has 2 N–H and O–H groups in total. The van der Waals surface area contributed by atoms with E-state index >= 15 is 0 Å². The van der Waals surface area contributed by atoms with Gasteiger partial charge in [-0.1, -0.05) is 13.8 Å². The number of amides is 2. The first-order valence-electron chi connectivity index (χ1n) is 7.04. The number of rotatable bonds is 6. The monoisotopic (exact) mass is 293 g/mol. The molecule has 1 aromatic heterocycles. The Hall–Kier alpha value is -2.11. The van der Waals surface area contributed by atoms with Gasteiger partial charge in [0.1, 0.15) is 0 Å². The van der Waals surface area contributed by atoms with Crippen LogP contribution in [0.5, 0.6) is 0 Å². The summed E-state index contributed by atoms with van der Waals surface area (Å²) in [5.74, 6) is -0.625. The van der Waals surface area contributed by atoms with Crippen LogP contribution in [0.25, 0.3) is 0 Å². The second-order valence-corrected chi connectivity index (χ2v) is 5.64. The van der Waals surface area contributed by atoms with Gasteiger partial charge in [0.05, 0.1) is 17.8 Å². The third-order valence-corrected chi connectivity index (χ3v) is 2.93. The van der Waals surface area contributed by atoms with Gasteiger partial charge in [-0.05, 0) is 31.9 Å². The standard InChI is InChI=1S/C15H23N3O3/c1-10(2)9-18(11(3)4)15(21)17-8-13-7-12(14(19)20)5-6-16-13/h5-7,10-11H,8-9H2,1-4H3,(H,17,21)(H,19,20). The van der Waals surface area contributed by atoms with Crippen LogP contribution in [-0.2, 0) is 6.54 Å². The van der Waals surface area contributed by atoms with Crippen molar-refractivity contribution < 1.29 is 14.7 Å². The van der Waals surface area contributed by atoms with E-state index in [1.165, 1.54) is 18.3 Å². The summed E-state index contributed by atoms with van der Waals surface area (Å²) in [6, 6.07) is 2.82. The van der Waals surface area contributed by atoms with Gasteiger partial charge in [-0.25, -0.2) is 9.59 Å². The zero-order chi connectivity index (χ0) is 16.0. The van der Waals surface area contributed by atoms with E-state index < -0.39 is 5.97 Å². The predicted molar refractivity (Wildman–Crippen MR) is 80.1 cm³/mol. The molecule has 0 radical (unpaired) electrons. The topological polar surface area (TPSA) is 82.5 Å². The average molecular weight is 293 g/mol. The van der Waals surface area contributed by atoms with E-state index in [1.807, 2.05) is 13.8 Å². The normalized spacial score (nSPS) is 10.8. The minimum absolute atomic E-state index is 0.103. The first-order chi connectivity index (χ1) is 9.81. The Morgan fingerprint density at radius 3 is 2.52 bits per heavy atom. The molecule has 1 heterocycles. The molecule has 0 aliphatic rings. The number of pyridine rings is 1. The zero-order valence-electron chi connectivity index (χ0n) is 13.0. The summed E-state index contributed by atoms with van der Waals surface area (Å²) in [4.78, 5) is 28.9. The predicted octanol–water partition coefficient (Wildman–Crippen LogP) is 2.36. The van der Waals surface area contributed by atoms with E-state index in [2.05, 4.69) is 24.1 Å². The average Bonchev–Trinajstić information content (AvgIpc) is 2.42. The van der Waals surface area contributed by atoms with Crippen molar-refractivity contribution in [1.82, 2.24) is 15.2 Å². The van der Waals surface area contributed by atoms with Gasteiger partial charge in [0.25, 0.3) is 0 Å². The smallest absolute Gasteiger partial charge is 0.335 e. The Kier molecular flexibility index (Phi) is 6.14. The third kappa shape index (κ3) is 5.41. The highest BCUT2D eigenvalue weighted by Crippen LogP contribution is 2.06. The summed E-state index contributed by atoms with van der Waals surface area (Å²) in [6.45, 7) is 8.92. The zero-order valence-corrected chi connectivity index (χ0v) is 13.0. The van der Waals surface area contributed by atoms with Crippen molar-refractivity contribution in [3.63, 3.8) is 0 Å². The number of carbonyl (C=O) groups excluding carboxylic acids is 1. The number of carbonyl (C=O) groups is 2. The number of carboxylic acid groups (broad SMARTS) is 1. The number of aromatic nitrogens is 1. The van der Waals surface area contributed by atoms with Crippen LogP contribution in [0.3, 0.4) is 0 Å². The minimum Gasteiger partial charge on any atom is -0.478 e. The van der Waals surface area contributed by atoms with Gasteiger partial charge in [0.2, 0.25) is 0 Å². The van der Waals surface area contributed by atoms with Crippen molar-refractivity contribution in [2.45, 2.75) is 40.3 Å². The lowest BCUT2D eigenvalue weighted by atomic mass is 10.2. The summed E-state index contributed by atoms with van der Waals surface area (Å²) in [6.07, 6.45) is 1.43. The van der Waals surface area contributed by atoms with Crippen molar-refractivity contribution in [2.24, 2.45) is 5.92 Å². The molecule has 0 saturated heterocycles. The van der Waals surface area contributed by atoms with Crippen molar-refractivity contribution in [1.29, 1.82) is 0 Å². The van der Waals surface area contributed by atoms with Crippen molar-refractivity contribution in [3.8, 4) is 0 Å². The van der Waals surface area contributed by atoms with Crippen LogP contribution in [0.4, 0.5) is 4.79 Å². The number of hydrogen-bond donors (Lipinski definition) is 2. The van der Waals surface area contributed by atoms with E-state index in [0.717, 1.165) is 0 Å². The van der Waals surface area contributed by atoms with Crippen LogP contribution < -0.4 is 5.32 Å². The highest BCUT2D eigenvalue weighted by atomic mass is 16.4. The molecule has 0 atom stereocenters. The fourth-order valence-corrected chi connectivity index (χ4v) is 1.90. The van der Waals surface area contributed by atoms with E-state index in [9.17, 15) is 9.59 Å². The van der Waals surface area contributed by atoms with Crippen molar-refractivity contribution >= 4 is 12.0 Å². The first kappa shape index (κ1) is 16.9. The minimum atomic E-state index is -1.01. The lowest BCUT2D eigenvalue weighted by Gasteiger charge is -2.28. The molecule has 0 aliphatic carbocycles. The number of aromatic carboxylic acids is 1. The molecule has 0 aliphatic heterocycles. The number of hydrogen-bond acceptors (Lipinski definition) is 3. The molecule has 1 aromatic rings. The molecule has 1 rings (SSSR count). The first-order valence-corrected chi connectivity index (χ1v) is 7.04. The number of urea groups is 1. The summed E-state index contributed by atoms with van der Waals surface area (Å²) in [5, 5.41) is 11.7. The highest BCUT2D eigenvalue weighted by Gasteiger charge is 2.17. The molecular formula is C15H23N3O3. The molecule has 2 amide bonds. The van der Waals surface area contributed by atoms with Gasteiger partial charge in [-0.3, -0.25) is 4.98 Å². The van der Waals surface area contributed by atoms with Crippen LogP contribution >= 0.6 is 0 Å². The maximum absolute atomic E-state index is 12.2. The maximum Gasteiger partial charge on any atom is 0.335 e. The fourth-order valence-electron chi connectivity index (χ4n) is 1.90. The summed E-state index contributed by atoms with van der Waals surface area (Å²) < 4.78 is 0. The molecule has 6 nitrogen and oxygen atoms in total. The van der Waals surface area contributed by atoms with E-state index in [1.54, 1.807) is 4.90 Å². The molecule has 0 bridgehead atoms. The summed E-state index contributed by atoms with van der Waals surface area (Å²) in [7, 11) is 0. The third-order valence-electron chi connectivity index (χ3n) is 2.93. The second-order valence-electron chi connectivity index (χ2n) is 5.64. The molecule has 0 fully saturated rings. The maximum atomic E-state index is 12.2. The highest BCUT2D eigenvalue weighted by molar-refractivity contribution is 5.87. The van der Waals surface area contributed by atoms with E-state index in [4.69, 9.17) is 5.11 Å². The lowest BCUT2D eigenvalue weighted by molar-refractivity contribution is 0.0696. The number of carboxylic acids is 1. The molecule has 6 heteroatoms. The number of nitrogens with zero attached hydrogens (tertiary/aromatic N) is 2. The Bertz CT molecular complexity index is 501. The summed E-state index contributed by atoms with van der Waals surface area (Å²) in [5.41, 5.74) is 0.689. The van der Waals surface area contributed by atoms with Gasteiger partial charge in [-0.2, -0.15) is 0 Å². The van der Waals surface area contributed by atoms with Gasteiger partial charge in [0.15, 0.2) is 0 Å². The van der Waals surface area contributed by atoms with Gasteiger partial charge >= 0.3 is 12.0 Å². The van der Waals surface area contributed by atoms with Crippen LogP contribution in [0.2, 0.25) is 0 Å². The van der Waals surface area contributed by atoms with Gasteiger partial charge in [0, 0.05) is 18.8 Å². The number of nitrogens with one attached hydrogen (secondary N) is 1. The van der Waals surface area contributed by atoms with Crippen LogP contribution in [0.15, 0.2) is 18.3 Å². The quantitative estimate of drug-likeness (QED) is 0.843. The SMILES string of the molecule is CC(C)CN(C(=O)NCc1cc(C(=O)O)ccn1)C(C)C. The Balaban J connectivity index is 2.66. The van der Waals surface area contributed by atoms with E-state index in [-0.39, 0.29) is 24.2 Å². The van der Waals surface area contributed by atoms with Crippen LogP contribution in [0.1, 0.15) is 43.7 Å². The fraction of sp³-hybridized carbons (Fsp3) is 0.533. The largest absolute Gasteiger partial charge is 0.478 e. The van der Waals surface area contributed by atoms with Crippen molar-refractivity contribution in [2.75, 3.05) is 6.54 Å². The Labute approximate surface area is 125 Å². The molecule has 0 saturated carbocycles. The summed E-state index contributed by atoms with van der Waals surface area (Å²) >= 11 is 0. The van der Waals surface area contributed by atoms with Crippen LogP contribution in [-0.4, -0.2) is 39.6 Å². The second kappa shape index (κ2) is 7.61. The Morgan fingerprint density at radius 1 is 1.33 bits per heavy atom. The molecule has 0 unspecified atom stereocenters. The molecule has 21 heavy (non-hydrogen) atoms. The molecule has 0 aromatic carbocycles. The Morgan fingerprint density at radius 2 is 2.00 bits per heavy atom. The molecule has 116 valence electrons. The van der Waals surface area contributed by atoms with Gasteiger partial charge < -0.3 is 15.3 Å². The van der Waals surface area contributed by atoms with Gasteiger partial charge in [-0.15, -0.1) is 0 Å². The molecule has 0 spiro atoms. The van der Waals surface area contributed by atoms with Crippen molar-refractivity contribution in [3.05, 3.63) is 29.6 Å².